The number of hydrogen-bond donors (Lipinski definition) is 1. The van der Waals surface area contributed by atoms with Crippen molar-refractivity contribution in [1.82, 2.24) is 0 Å². The third-order valence-electron chi connectivity index (χ3n) is 4.64. The summed E-state index contributed by atoms with van der Waals surface area (Å²) in [5.41, 5.74) is 9.26. The first-order chi connectivity index (χ1) is 8.05. The minimum atomic E-state index is -0.0851. The molecule has 0 amide bonds. The molecule has 94 valence electrons. The van der Waals surface area contributed by atoms with Gasteiger partial charge in [-0.05, 0) is 48.6 Å². The van der Waals surface area contributed by atoms with Gasteiger partial charge >= 0.3 is 0 Å². The fourth-order valence-corrected chi connectivity index (χ4v) is 2.98. The fourth-order valence-electron chi connectivity index (χ4n) is 2.98. The summed E-state index contributed by atoms with van der Waals surface area (Å²) in [4.78, 5) is 0. The molecule has 2 rings (SSSR count). The summed E-state index contributed by atoms with van der Waals surface area (Å²) in [5.74, 6) is 1.56. The molecule has 0 heterocycles. The normalized spacial score (nSPS) is 33.6. The summed E-state index contributed by atoms with van der Waals surface area (Å²) in [6, 6.07) is 8.93. The molecular weight excluding hydrogens is 206 g/mol. The van der Waals surface area contributed by atoms with Gasteiger partial charge in [0.15, 0.2) is 0 Å². The molecule has 3 atom stereocenters. The first-order valence-electron chi connectivity index (χ1n) is 6.93. The molecule has 1 nitrogen and oxygen atoms in total. The average Bonchev–Trinajstić information content (AvgIpc) is 2.34. The van der Waals surface area contributed by atoms with Crippen LogP contribution < -0.4 is 5.73 Å². The Bertz CT molecular complexity index is 368. The Morgan fingerprint density at radius 2 is 1.82 bits per heavy atom. The third kappa shape index (κ3) is 2.55. The Morgan fingerprint density at radius 1 is 1.18 bits per heavy atom. The minimum Gasteiger partial charge on any atom is -0.321 e. The SMILES string of the molecule is CCc1ccc(C2(N)CCC(C)C(C)C2)cc1. The number of nitrogens with two attached hydrogens (primary N) is 1. The van der Waals surface area contributed by atoms with E-state index in [2.05, 4.69) is 45.0 Å². The molecule has 1 saturated carbocycles. The maximum atomic E-state index is 6.62. The van der Waals surface area contributed by atoms with Crippen LogP contribution in [0.1, 0.15) is 51.2 Å². The Kier molecular flexibility index (Phi) is 3.58. The van der Waals surface area contributed by atoms with Crippen molar-refractivity contribution in [2.24, 2.45) is 17.6 Å². The van der Waals surface area contributed by atoms with Crippen molar-refractivity contribution >= 4 is 0 Å². The highest BCUT2D eigenvalue weighted by atomic mass is 14.8. The molecule has 0 aliphatic heterocycles. The maximum absolute atomic E-state index is 6.62. The van der Waals surface area contributed by atoms with Crippen molar-refractivity contribution in [2.45, 2.75) is 52.0 Å². The highest BCUT2D eigenvalue weighted by Gasteiger charge is 2.35. The largest absolute Gasteiger partial charge is 0.321 e. The van der Waals surface area contributed by atoms with E-state index in [9.17, 15) is 0 Å². The van der Waals surface area contributed by atoms with Gasteiger partial charge in [-0.25, -0.2) is 0 Å². The molecule has 0 spiro atoms. The number of aryl methyl sites for hydroxylation is 1. The van der Waals surface area contributed by atoms with Crippen molar-refractivity contribution in [1.29, 1.82) is 0 Å². The van der Waals surface area contributed by atoms with Gasteiger partial charge in [0, 0.05) is 5.54 Å². The molecule has 0 saturated heterocycles. The van der Waals surface area contributed by atoms with Crippen molar-refractivity contribution < 1.29 is 0 Å². The highest BCUT2D eigenvalue weighted by molar-refractivity contribution is 5.29. The van der Waals surface area contributed by atoms with E-state index in [1.807, 2.05) is 0 Å². The second-order valence-electron chi connectivity index (χ2n) is 5.90. The molecular formula is C16H25N. The molecule has 0 aromatic heterocycles. The standard InChI is InChI=1S/C16H25N/c1-4-14-5-7-15(8-6-14)16(17)10-9-12(2)13(3)11-16/h5-8,12-13H,4,9-11,17H2,1-3H3. The number of rotatable bonds is 2. The molecule has 1 aliphatic carbocycles. The van der Waals surface area contributed by atoms with Crippen LogP contribution in [-0.4, -0.2) is 0 Å². The summed E-state index contributed by atoms with van der Waals surface area (Å²) in [6.07, 6.45) is 4.61. The Balaban J connectivity index is 2.19. The van der Waals surface area contributed by atoms with Gasteiger partial charge in [-0.15, -0.1) is 0 Å². The molecule has 3 unspecified atom stereocenters. The second kappa shape index (κ2) is 4.81. The summed E-state index contributed by atoms with van der Waals surface area (Å²) in [7, 11) is 0. The van der Waals surface area contributed by atoms with E-state index in [0.29, 0.717) is 0 Å². The van der Waals surface area contributed by atoms with Crippen LogP contribution in [0.2, 0.25) is 0 Å². The highest BCUT2D eigenvalue weighted by Crippen LogP contribution is 2.40. The third-order valence-corrected chi connectivity index (χ3v) is 4.64. The van der Waals surface area contributed by atoms with Crippen molar-refractivity contribution in [3.8, 4) is 0 Å². The molecule has 1 fully saturated rings. The van der Waals surface area contributed by atoms with E-state index in [4.69, 9.17) is 5.73 Å². The lowest BCUT2D eigenvalue weighted by atomic mass is 9.69. The van der Waals surface area contributed by atoms with Crippen molar-refractivity contribution in [3.05, 3.63) is 35.4 Å². The van der Waals surface area contributed by atoms with E-state index in [-0.39, 0.29) is 5.54 Å². The molecule has 1 aliphatic rings. The number of hydrogen-bond acceptors (Lipinski definition) is 1. The predicted octanol–water partition coefficient (Wildman–Crippen LogP) is 3.86. The number of benzene rings is 1. The Hall–Kier alpha value is -0.820. The van der Waals surface area contributed by atoms with E-state index < -0.39 is 0 Å². The molecule has 1 aromatic rings. The first kappa shape index (κ1) is 12.6. The summed E-state index contributed by atoms with van der Waals surface area (Å²) >= 11 is 0. The van der Waals surface area contributed by atoms with E-state index in [0.717, 1.165) is 31.1 Å². The monoisotopic (exact) mass is 231 g/mol. The van der Waals surface area contributed by atoms with Crippen LogP contribution >= 0.6 is 0 Å². The summed E-state index contributed by atoms with van der Waals surface area (Å²) < 4.78 is 0. The van der Waals surface area contributed by atoms with Crippen LogP contribution in [0.4, 0.5) is 0 Å². The zero-order chi connectivity index (χ0) is 12.5. The smallest absolute Gasteiger partial charge is 0.0412 e. The van der Waals surface area contributed by atoms with Crippen molar-refractivity contribution in [2.75, 3.05) is 0 Å². The van der Waals surface area contributed by atoms with E-state index in [1.165, 1.54) is 17.5 Å². The van der Waals surface area contributed by atoms with Crippen LogP contribution in [0.15, 0.2) is 24.3 Å². The van der Waals surface area contributed by atoms with Gasteiger partial charge in [-0.1, -0.05) is 45.0 Å². The Morgan fingerprint density at radius 3 is 2.35 bits per heavy atom. The molecule has 17 heavy (non-hydrogen) atoms. The Labute approximate surface area is 105 Å². The predicted molar refractivity (Wildman–Crippen MR) is 73.9 cm³/mol. The van der Waals surface area contributed by atoms with Crippen LogP contribution in [0.25, 0.3) is 0 Å². The van der Waals surface area contributed by atoms with Gasteiger partial charge in [0.1, 0.15) is 0 Å². The molecule has 0 radical (unpaired) electrons. The van der Waals surface area contributed by atoms with Gasteiger partial charge in [0.05, 0.1) is 0 Å². The fraction of sp³-hybridized carbons (Fsp3) is 0.625. The minimum absolute atomic E-state index is 0.0851. The zero-order valence-corrected chi connectivity index (χ0v) is 11.4. The zero-order valence-electron chi connectivity index (χ0n) is 11.4. The van der Waals surface area contributed by atoms with Crippen LogP contribution in [0, 0.1) is 11.8 Å². The van der Waals surface area contributed by atoms with E-state index in [1.54, 1.807) is 0 Å². The van der Waals surface area contributed by atoms with Crippen LogP contribution in [-0.2, 0) is 12.0 Å². The van der Waals surface area contributed by atoms with Crippen molar-refractivity contribution in [3.63, 3.8) is 0 Å². The van der Waals surface area contributed by atoms with Gasteiger partial charge in [0.2, 0.25) is 0 Å². The average molecular weight is 231 g/mol. The summed E-state index contributed by atoms with van der Waals surface area (Å²) in [6.45, 7) is 6.88. The molecule has 2 N–H and O–H groups in total. The lowest BCUT2D eigenvalue weighted by Gasteiger charge is -2.40. The van der Waals surface area contributed by atoms with Crippen LogP contribution in [0.5, 0.6) is 0 Å². The van der Waals surface area contributed by atoms with Gasteiger partial charge in [0.25, 0.3) is 0 Å². The lowest BCUT2D eigenvalue weighted by Crippen LogP contribution is -2.43. The molecule has 1 aromatic carbocycles. The molecule has 0 bridgehead atoms. The lowest BCUT2D eigenvalue weighted by molar-refractivity contribution is 0.177. The van der Waals surface area contributed by atoms with Gasteiger partial charge in [-0.3, -0.25) is 0 Å². The van der Waals surface area contributed by atoms with Gasteiger partial charge in [-0.2, -0.15) is 0 Å². The first-order valence-corrected chi connectivity index (χ1v) is 6.93. The second-order valence-corrected chi connectivity index (χ2v) is 5.90. The maximum Gasteiger partial charge on any atom is 0.0412 e. The quantitative estimate of drug-likeness (QED) is 0.821. The van der Waals surface area contributed by atoms with E-state index >= 15 is 0 Å². The summed E-state index contributed by atoms with van der Waals surface area (Å²) in [5, 5.41) is 0. The van der Waals surface area contributed by atoms with Crippen LogP contribution in [0.3, 0.4) is 0 Å². The topological polar surface area (TPSA) is 26.0 Å². The molecule has 1 heteroatoms. The van der Waals surface area contributed by atoms with Gasteiger partial charge < -0.3 is 5.73 Å².